The maximum atomic E-state index is 8.84. The van der Waals surface area contributed by atoms with Crippen LogP contribution in [0, 0.1) is 11.3 Å². The van der Waals surface area contributed by atoms with Crippen molar-refractivity contribution in [3.8, 4) is 6.07 Å². The smallest absolute Gasteiger partial charge is 0.137 e. The number of aromatic nitrogens is 3. The number of aryl methyl sites for hydroxylation is 1. The first-order valence-electron chi connectivity index (χ1n) is 7.40. The van der Waals surface area contributed by atoms with Crippen LogP contribution >= 0.6 is 0 Å². The molecule has 3 heterocycles. The molecule has 3 rings (SSSR count). The second-order valence-corrected chi connectivity index (χ2v) is 5.67. The number of likely N-dealkylation sites (tertiary alicyclic amines) is 1. The molecule has 5 nitrogen and oxygen atoms in total. The zero-order valence-corrected chi connectivity index (χ0v) is 11.4. The summed E-state index contributed by atoms with van der Waals surface area (Å²) in [5.41, 5.74) is 0. The molecule has 1 aromatic heterocycles. The van der Waals surface area contributed by atoms with Crippen molar-refractivity contribution in [2.75, 3.05) is 19.6 Å². The minimum Gasteiger partial charge on any atom is -0.315 e. The summed E-state index contributed by atoms with van der Waals surface area (Å²) in [5, 5.41) is 17.7. The molecule has 0 aliphatic carbocycles. The van der Waals surface area contributed by atoms with E-state index in [0.29, 0.717) is 12.5 Å². The highest BCUT2D eigenvalue weighted by Gasteiger charge is 2.27. The molecule has 0 bridgehead atoms. The lowest BCUT2D eigenvalue weighted by atomic mass is 9.97. The summed E-state index contributed by atoms with van der Waals surface area (Å²) < 4.78 is 2.35. The number of fused-ring (bicyclic) bond motifs is 1. The van der Waals surface area contributed by atoms with Gasteiger partial charge in [0.15, 0.2) is 0 Å². The van der Waals surface area contributed by atoms with Gasteiger partial charge >= 0.3 is 0 Å². The summed E-state index contributed by atoms with van der Waals surface area (Å²) >= 11 is 0. The molecule has 0 radical (unpaired) electrons. The number of hydrogen-bond acceptors (Lipinski definition) is 4. The van der Waals surface area contributed by atoms with Crippen LogP contribution in [0.3, 0.4) is 0 Å². The fourth-order valence-electron chi connectivity index (χ4n) is 3.32. The Kier molecular flexibility index (Phi) is 3.79. The molecular weight excluding hydrogens is 238 g/mol. The minimum atomic E-state index is 0.460. The van der Waals surface area contributed by atoms with Gasteiger partial charge in [0, 0.05) is 25.4 Å². The van der Waals surface area contributed by atoms with Crippen LogP contribution in [0.25, 0.3) is 0 Å². The van der Waals surface area contributed by atoms with Crippen molar-refractivity contribution >= 4 is 0 Å². The molecule has 0 aromatic carbocycles. The van der Waals surface area contributed by atoms with Crippen molar-refractivity contribution < 1.29 is 0 Å². The molecule has 1 atom stereocenters. The molecule has 1 saturated heterocycles. The molecule has 1 aromatic rings. The SMILES string of the molecule is N#CCN1CCCC(c2nnc3n2CCCCC3)C1. The van der Waals surface area contributed by atoms with Gasteiger partial charge in [0.2, 0.25) is 0 Å². The Labute approximate surface area is 114 Å². The van der Waals surface area contributed by atoms with E-state index in [9.17, 15) is 0 Å². The normalized spacial score (nSPS) is 24.5. The molecule has 0 saturated carbocycles. The molecule has 0 spiro atoms. The molecule has 19 heavy (non-hydrogen) atoms. The third kappa shape index (κ3) is 2.64. The molecule has 1 unspecified atom stereocenters. The van der Waals surface area contributed by atoms with E-state index < -0.39 is 0 Å². The van der Waals surface area contributed by atoms with Gasteiger partial charge in [-0.2, -0.15) is 5.26 Å². The molecule has 102 valence electrons. The van der Waals surface area contributed by atoms with Gasteiger partial charge in [-0.15, -0.1) is 10.2 Å². The van der Waals surface area contributed by atoms with Gasteiger partial charge in [-0.25, -0.2) is 0 Å². The van der Waals surface area contributed by atoms with Gasteiger partial charge in [0.25, 0.3) is 0 Å². The van der Waals surface area contributed by atoms with Crippen molar-refractivity contribution in [1.29, 1.82) is 5.26 Å². The van der Waals surface area contributed by atoms with Gasteiger partial charge in [0.1, 0.15) is 11.6 Å². The zero-order valence-electron chi connectivity index (χ0n) is 11.4. The third-order valence-corrected chi connectivity index (χ3v) is 4.30. The fraction of sp³-hybridized carbons (Fsp3) is 0.786. The molecule has 5 heteroatoms. The molecule has 2 aliphatic heterocycles. The average Bonchev–Trinajstić information content (AvgIpc) is 2.69. The van der Waals surface area contributed by atoms with Crippen LogP contribution in [0.5, 0.6) is 0 Å². The van der Waals surface area contributed by atoms with E-state index in [1.54, 1.807) is 0 Å². The summed E-state index contributed by atoms with van der Waals surface area (Å²) in [5.74, 6) is 2.80. The van der Waals surface area contributed by atoms with E-state index in [1.807, 2.05) is 0 Å². The first-order valence-corrected chi connectivity index (χ1v) is 7.40. The fourth-order valence-corrected chi connectivity index (χ4v) is 3.32. The second-order valence-electron chi connectivity index (χ2n) is 5.67. The molecular formula is C14H21N5. The average molecular weight is 259 g/mol. The Hall–Kier alpha value is -1.41. The number of nitrogens with zero attached hydrogens (tertiary/aromatic N) is 5. The van der Waals surface area contributed by atoms with E-state index in [2.05, 4.69) is 25.7 Å². The van der Waals surface area contributed by atoms with Crippen LogP contribution in [-0.4, -0.2) is 39.3 Å². The standard InChI is InChI=1S/C14H21N5/c15-7-10-18-8-4-5-12(11-18)14-17-16-13-6-2-1-3-9-19(13)14/h12H,1-6,8-11H2. The van der Waals surface area contributed by atoms with Crippen molar-refractivity contribution in [2.24, 2.45) is 0 Å². The number of nitriles is 1. The topological polar surface area (TPSA) is 57.7 Å². The number of rotatable bonds is 2. The van der Waals surface area contributed by atoms with E-state index in [0.717, 1.165) is 32.5 Å². The van der Waals surface area contributed by atoms with Crippen LogP contribution in [0.2, 0.25) is 0 Å². The van der Waals surface area contributed by atoms with Crippen molar-refractivity contribution in [2.45, 2.75) is 51.0 Å². The zero-order chi connectivity index (χ0) is 13.1. The Bertz CT molecular complexity index is 473. The highest BCUT2D eigenvalue weighted by Crippen LogP contribution is 2.27. The lowest BCUT2D eigenvalue weighted by molar-refractivity contribution is 0.223. The first kappa shape index (κ1) is 12.6. The van der Waals surface area contributed by atoms with Gasteiger partial charge in [-0.1, -0.05) is 6.42 Å². The monoisotopic (exact) mass is 259 g/mol. The maximum Gasteiger partial charge on any atom is 0.137 e. The van der Waals surface area contributed by atoms with Crippen LogP contribution in [-0.2, 0) is 13.0 Å². The Morgan fingerprint density at radius 3 is 3.00 bits per heavy atom. The van der Waals surface area contributed by atoms with Gasteiger partial charge in [-0.05, 0) is 32.2 Å². The summed E-state index contributed by atoms with van der Waals surface area (Å²) in [6.07, 6.45) is 7.19. The molecule has 2 aliphatic rings. The van der Waals surface area contributed by atoms with Crippen molar-refractivity contribution in [1.82, 2.24) is 19.7 Å². The number of hydrogen-bond donors (Lipinski definition) is 0. The van der Waals surface area contributed by atoms with E-state index in [4.69, 9.17) is 5.26 Å². The number of piperidine rings is 1. The quantitative estimate of drug-likeness (QED) is 0.759. The first-order chi connectivity index (χ1) is 9.38. The maximum absolute atomic E-state index is 8.84. The summed E-state index contributed by atoms with van der Waals surface area (Å²) in [6, 6.07) is 2.26. The molecule has 0 N–H and O–H groups in total. The van der Waals surface area contributed by atoms with E-state index in [1.165, 1.54) is 37.3 Å². The van der Waals surface area contributed by atoms with Crippen LogP contribution in [0.4, 0.5) is 0 Å². The summed E-state index contributed by atoms with van der Waals surface area (Å²) in [4.78, 5) is 2.24. The Morgan fingerprint density at radius 1 is 1.16 bits per heavy atom. The lowest BCUT2D eigenvalue weighted by Gasteiger charge is -2.30. The van der Waals surface area contributed by atoms with Crippen molar-refractivity contribution in [3.63, 3.8) is 0 Å². The van der Waals surface area contributed by atoms with Crippen molar-refractivity contribution in [3.05, 3.63) is 11.6 Å². The molecule has 1 fully saturated rings. The Morgan fingerprint density at radius 2 is 2.11 bits per heavy atom. The van der Waals surface area contributed by atoms with E-state index in [-0.39, 0.29) is 0 Å². The summed E-state index contributed by atoms with van der Waals surface area (Å²) in [6.45, 7) is 3.63. The van der Waals surface area contributed by atoms with E-state index >= 15 is 0 Å². The Balaban J connectivity index is 1.78. The predicted molar refractivity (Wildman–Crippen MR) is 71.6 cm³/mol. The molecule has 0 amide bonds. The highest BCUT2D eigenvalue weighted by atomic mass is 15.3. The summed E-state index contributed by atoms with van der Waals surface area (Å²) in [7, 11) is 0. The third-order valence-electron chi connectivity index (χ3n) is 4.30. The van der Waals surface area contributed by atoms with Crippen LogP contribution in [0.15, 0.2) is 0 Å². The second kappa shape index (κ2) is 5.70. The largest absolute Gasteiger partial charge is 0.315 e. The predicted octanol–water partition coefficient (Wildman–Crippen LogP) is 1.71. The van der Waals surface area contributed by atoms with Gasteiger partial charge in [-0.3, -0.25) is 4.90 Å². The highest BCUT2D eigenvalue weighted by molar-refractivity contribution is 5.06. The minimum absolute atomic E-state index is 0.460. The van der Waals surface area contributed by atoms with Crippen LogP contribution in [0.1, 0.15) is 49.7 Å². The van der Waals surface area contributed by atoms with Gasteiger partial charge < -0.3 is 4.57 Å². The lowest BCUT2D eigenvalue weighted by Crippen LogP contribution is -2.35. The van der Waals surface area contributed by atoms with Crippen LogP contribution < -0.4 is 0 Å². The van der Waals surface area contributed by atoms with Gasteiger partial charge in [0.05, 0.1) is 12.6 Å².